The second-order valence-electron chi connectivity index (χ2n) is 6.69. The van der Waals surface area contributed by atoms with Crippen LogP contribution in [0.3, 0.4) is 0 Å². The molecule has 0 aromatic carbocycles. The minimum absolute atomic E-state index is 0.00558. The molecule has 0 atom stereocenters. The Hall–Kier alpha value is -1.89. The second-order valence-corrected chi connectivity index (χ2v) is 6.69. The van der Waals surface area contributed by atoms with E-state index in [2.05, 4.69) is 15.1 Å². The van der Waals surface area contributed by atoms with E-state index in [1.165, 1.54) is 0 Å². The van der Waals surface area contributed by atoms with Crippen molar-refractivity contribution in [3.8, 4) is 0 Å². The van der Waals surface area contributed by atoms with Crippen LogP contribution in [-0.2, 0) is 11.2 Å². The van der Waals surface area contributed by atoms with E-state index in [-0.39, 0.29) is 11.8 Å². The number of likely N-dealkylation sites (tertiary alicyclic amines) is 1. The molecule has 132 valence electrons. The van der Waals surface area contributed by atoms with Gasteiger partial charge in [0.25, 0.3) is 5.91 Å². The predicted molar refractivity (Wildman–Crippen MR) is 90.9 cm³/mol. The van der Waals surface area contributed by atoms with Crippen molar-refractivity contribution >= 4 is 11.8 Å². The molecule has 2 fully saturated rings. The summed E-state index contributed by atoms with van der Waals surface area (Å²) in [4.78, 5) is 30.8. The lowest BCUT2D eigenvalue weighted by Crippen LogP contribution is -2.51. The summed E-state index contributed by atoms with van der Waals surface area (Å²) in [5.41, 5.74) is 2.51. The van der Waals surface area contributed by atoms with Crippen LogP contribution in [0.1, 0.15) is 41.5 Å². The Labute approximate surface area is 143 Å². The smallest absolute Gasteiger partial charge is 0.274 e. The number of hydrogen-bond donors (Lipinski definition) is 1. The van der Waals surface area contributed by atoms with Gasteiger partial charge in [0, 0.05) is 50.5 Å². The highest BCUT2D eigenvalue weighted by atomic mass is 16.2. The first-order chi connectivity index (χ1) is 11.6. The third-order valence-corrected chi connectivity index (χ3v) is 5.14. The van der Waals surface area contributed by atoms with E-state index in [0.29, 0.717) is 25.3 Å². The molecule has 3 heterocycles. The van der Waals surface area contributed by atoms with E-state index in [9.17, 15) is 9.59 Å². The Balaban J connectivity index is 1.51. The number of aryl methyl sites for hydroxylation is 1. The maximum atomic E-state index is 12.6. The molecule has 0 unspecified atom stereocenters. The van der Waals surface area contributed by atoms with E-state index in [0.717, 1.165) is 56.7 Å². The van der Waals surface area contributed by atoms with Crippen LogP contribution in [-0.4, -0.2) is 82.5 Å². The number of carbonyl (C=O) groups excluding carboxylic acids is 2. The standard InChI is InChI=1S/C17H27N5O2/c1-3-14-13(2)16(19-18-14)17(24)22-10-8-20(9-11-22)12-15(23)21-6-4-5-7-21/h3-12H2,1-2H3,(H,18,19). The van der Waals surface area contributed by atoms with Crippen molar-refractivity contribution in [2.45, 2.75) is 33.1 Å². The monoisotopic (exact) mass is 333 g/mol. The van der Waals surface area contributed by atoms with Gasteiger partial charge in [-0.25, -0.2) is 0 Å². The molecule has 2 aliphatic heterocycles. The Bertz CT molecular complexity index is 598. The Morgan fingerprint density at radius 2 is 1.71 bits per heavy atom. The number of nitrogens with one attached hydrogen (secondary N) is 1. The molecule has 0 saturated carbocycles. The van der Waals surface area contributed by atoms with Gasteiger partial charge < -0.3 is 9.80 Å². The predicted octanol–water partition coefficient (Wildman–Crippen LogP) is 0.661. The van der Waals surface area contributed by atoms with Crippen LogP contribution in [0.25, 0.3) is 0 Å². The van der Waals surface area contributed by atoms with Gasteiger partial charge in [-0.15, -0.1) is 0 Å². The summed E-state index contributed by atoms with van der Waals surface area (Å²) in [5, 5.41) is 7.14. The van der Waals surface area contributed by atoms with Crippen LogP contribution < -0.4 is 0 Å². The number of aromatic amines is 1. The van der Waals surface area contributed by atoms with Crippen LogP contribution >= 0.6 is 0 Å². The first kappa shape index (κ1) is 17.0. The molecule has 1 aromatic rings. The normalized spacial score (nSPS) is 19.1. The van der Waals surface area contributed by atoms with Gasteiger partial charge in [0.15, 0.2) is 5.69 Å². The molecule has 1 aromatic heterocycles. The number of aromatic nitrogens is 2. The number of rotatable bonds is 4. The minimum atomic E-state index is -0.00558. The van der Waals surface area contributed by atoms with Crippen molar-refractivity contribution in [3.63, 3.8) is 0 Å². The third-order valence-electron chi connectivity index (χ3n) is 5.14. The Kier molecular flexibility index (Phi) is 5.18. The van der Waals surface area contributed by atoms with Gasteiger partial charge in [-0.05, 0) is 26.2 Å². The summed E-state index contributed by atoms with van der Waals surface area (Å²) in [6.07, 6.45) is 3.09. The van der Waals surface area contributed by atoms with Crippen LogP contribution in [0.4, 0.5) is 0 Å². The summed E-state index contributed by atoms with van der Waals surface area (Å²) in [6.45, 7) is 9.06. The van der Waals surface area contributed by atoms with Crippen molar-refractivity contribution in [3.05, 3.63) is 17.0 Å². The average molecular weight is 333 g/mol. The van der Waals surface area contributed by atoms with Crippen molar-refractivity contribution in [2.24, 2.45) is 0 Å². The zero-order valence-corrected chi connectivity index (χ0v) is 14.7. The lowest BCUT2D eigenvalue weighted by Gasteiger charge is -2.34. The molecular weight excluding hydrogens is 306 g/mol. The fourth-order valence-corrected chi connectivity index (χ4v) is 3.50. The highest BCUT2D eigenvalue weighted by molar-refractivity contribution is 5.94. The summed E-state index contributed by atoms with van der Waals surface area (Å²) < 4.78 is 0. The third kappa shape index (κ3) is 3.45. The van der Waals surface area contributed by atoms with Crippen molar-refractivity contribution in [1.29, 1.82) is 0 Å². The topological polar surface area (TPSA) is 72.5 Å². The summed E-state index contributed by atoms with van der Waals surface area (Å²) in [6, 6.07) is 0. The molecule has 0 radical (unpaired) electrons. The lowest BCUT2D eigenvalue weighted by atomic mass is 10.1. The van der Waals surface area contributed by atoms with Gasteiger partial charge >= 0.3 is 0 Å². The fraction of sp³-hybridized carbons (Fsp3) is 0.706. The quantitative estimate of drug-likeness (QED) is 0.879. The second kappa shape index (κ2) is 7.34. The van der Waals surface area contributed by atoms with E-state index in [4.69, 9.17) is 0 Å². The maximum Gasteiger partial charge on any atom is 0.274 e. The molecule has 2 amide bonds. The zero-order chi connectivity index (χ0) is 17.1. The van der Waals surface area contributed by atoms with Crippen LogP contribution in [0, 0.1) is 6.92 Å². The lowest BCUT2D eigenvalue weighted by molar-refractivity contribution is -0.131. The van der Waals surface area contributed by atoms with E-state index in [1.807, 2.05) is 23.6 Å². The number of nitrogens with zero attached hydrogens (tertiary/aromatic N) is 4. The number of H-pyrrole nitrogens is 1. The van der Waals surface area contributed by atoms with E-state index in [1.54, 1.807) is 0 Å². The number of amides is 2. The van der Waals surface area contributed by atoms with Gasteiger partial charge in [0.05, 0.1) is 6.54 Å². The highest BCUT2D eigenvalue weighted by Crippen LogP contribution is 2.15. The fourth-order valence-electron chi connectivity index (χ4n) is 3.50. The molecule has 3 rings (SSSR count). The molecule has 0 aliphatic carbocycles. The van der Waals surface area contributed by atoms with Crippen molar-refractivity contribution in [1.82, 2.24) is 24.9 Å². The average Bonchev–Trinajstić information content (AvgIpc) is 3.24. The highest BCUT2D eigenvalue weighted by Gasteiger charge is 2.27. The summed E-state index contributed by atoms with van der Waals surface area (Å²) in [7, 11) is 0. The van der Waals surface area contributed by atoms with Gasteiger partial charge in [-0.3, -0.25) is 19.6 Å². The molecule has 7 nitrogen and oxygen atoms in total. The summed E-state index contributed by atoms with van der Waals surface area (Å²) >= 11 is 0. The molecule has 7 heteroatoms. The van der Waals surface area contributed by atoms with Crippen molar-refractivity contribution in [2.75, 3.05) is 45.8 Å². The first-order valence-corrected chi connectivity index (χ1v) is 8.93. The van der Waals surface area contributed by atoms with Gasteiger partial charge in [-0.2, -0.15) is 5.10 Å². The van der Waals surface area contributed by atoms with Crippen molar-refractivity contribution < 1.29 is 9.59 Å². The Morgan fingerprint density at radius 3 is 2.29 bits per heavy atom. The van der Waals surface area contributed by atoms with Gasteiger partial charge in [-0.1, -0.05) is 6.92 Å². The van der Waals surface area contributed by atoms with Gasteiger partial charge in [0.2, 0.25) is 5.91 Å². The first-order valence-electron chi connectivity index (χ1n) is 8.93. The zero-order valence-electron chi connectivity index (χ0n) is 14.7. The molecular formula is C17H27N5O2. The molecule has 2 aliphatic rings. The molecule has 24 heavy (non-hydrogen) atoms. The van der Waals surface area contributed by atoms with Crippen LogP contribution in [0.15, 0.2) is 0 Å². The van der Waals surface area contributed by atoms with Crippen LogP contribution in [0.2, 0.25) is 0 Å². The SMILES string of the molecule is CCc1[nH]nc(C(=O)N2CCN(CC(=O)N3CCCC3)CC2)c1C. The molecule has 0 bridgehead atoms. The maximum absolute atomic E-state index is 12.6. The number of piperazine rings is 1. The Morgan fingerprint density at radius 1 is 1.04 bits per heavy atom. The van der Waals surface area contributed by atoms with Crippen LogP contribution in [0.5, 0.6) is 0 Å². The van der Waals surface area contributed by atoms with Gasteiger partial charge in [0.1, 0.15) is 0 Å². The minimum Gasteiger partial charge on any atom is -0.342 e. The molecule has 0 spiro atoms. The van der Waals surface area contributed by atoms with E-state index >= 15 is 0 Å². The largest absolute Gasteiger partial charge is 0.342 e. The summed E-state index contributed by atoms with van der Waals surface area (Å²) in [5.74, 6) is 0.219. The number of hydrogen-bond acceptors (Lipinski definition) is 4. The number of carbonyl (C=O) groups is 2. The molecule has 1 N–H and O–H groups in total. The molecule has 2 saturated heterocycles. The van der Waals surface area contributed by atoms with E-state index < -0.39 is 0 Å².